The molecule has 12 heavy (non-hydrogen) atoms. The van der Waals surface area contributed by atoms with Gasteiger partial charge in [0.05, 0.1) is 0 Å². The lowest BCUT2D eigenvalue weighted by Gasteiger charge is -2.34. The minimum atomic E-state index is -0.318. The molecule has 0 aromatic heterocycles. The van der Waals surface area contributed by atoms with E-state index in [9.17, 15) is 4.79 Å². The highest BCUT2D eigenvalue weighted by Crippen LogP contribution is 2.14. The summed E-state index contributed by atoms with van der Waals surface area (Å²) in [5, 5.41) is -0.318. The lowest BCUT2D eigenvalue weighted by molar-refractivity contribution is 0.154. The van der Waals surface area contributed by atoms with Gasteiger partial charge in [-0.15, -0.1) is 0 Å². The third kappa shape index (κ3) is 2.35. The number of hydrogen-bond donors (Lipinski definition) is 0. The molecule has 1 unspecified atom stereocenters. The van der Waals surface area contributed by atoms with E-state index in [4.69, 9.17) is 11.6 Å². The second-order valence-corrected chi connectivity index (χ2v) is 3.78. The van der Waals surface area contributed by atoms with E-state index in [-0.39, 0.29) is 5.37 Å². The van der Waals surface area contributed by atoms with Gasteiger partial charge in [0, 0.05) is 19.1 Å². The van der Waals surface area contributed by atoms with Crippen molar-refractivity contribution in [3.63, 3.8) is 0 Å². The second-order valence-electron chi connectivity index (χ2n) is 3.46. The molecule has 0 aromatic rings. The molecule has 1 aliphatic rings. The predicted molar refractivity (Wildman–Crippen MR) is 49.5 cm³/mol. The van der Waals surface area contributed by atoms with Gasteiger partial charge in [-0.1, -0.05) is 0 Å². The average molecular weight is 191 g/mol. The quantitative estimate of drug-likeness (QED) is 0.461. The van der Waals surface area contributed by atoms with E-state index in [1.165, 1.54) is 0 Å². The Morgan fingerprint density at radius 3 is 2.75 bits per heavy atom. The molecule has 0 bridgehead atoms. The highest BCUT2D eigenvalue weighted by atomic mass is 35.5. The molecule has 0 spiro atoms. The Morgan fingerprint density at radius 2 is 2.25 bits per heavy atom. The highest BCUT2D eigenvalue weighted by molar-refractivity contribution is 6.62. The molecule has 1 atom stereocenters. The Kier molecular flexibility index (Phi) is 3.35. The van der Waals surface area contributed by atoms with Crippen LogP contribution in [0.1, 0.15) is 12.8 Å². The maximum absolute atomic E-state index is 10.8. The molecule has 1 heterocycles. The van der Waals surface area contributed by atoms with Crippen LogP contribution in [0.4, 0.5) is 4.79 Å². The normalized spacial score (nSPS) is 24.7. The summed E-state index contributed by atoms with van der Waals surface area (Å²) in [5.41, 5.74) is 0. The fourth-order valence-corrected chi connectivity index (χ4v) is 1.69. The van der Waals surface area contributed by atoms with E-state index in [0.717, 1.165) is 25.9 Å². The van der Waals surface area contributed by atoms with Crippen LogP contribution >= 0.6 is 11.6 Å². The van der Waals surface area contributed by atoms with Crippen molar-refractivity contribution >= 4 is 17.0 Å². The van der Waals surface area contributed by atoms with Crippen LogP contribution < -0.4 is 0 Å². The minimum absolute atomic E-state index is 0.318. The van der Waals surface area contributed by atoms with Crippen LogP contribution in [0, 0.1) is 0 Å². The molecular formula is C8H15ClN2O. The first-order valence-electron chi connectivity index (χ1n) is 4.22. The maximum Gasteiger partial charge on any atom is 0.316 e. The van der Waals surface area contributed by atoms with Crippen LogP contribution in [0.25, 0.3) is 0 Å². The van der Waals surface area contributed by atoms with Gasteiger partial charge >= 0.3 is 5.37 Å². The number of hydrogen-bond acceptors (Lipinski definition) is 2. The molecule has 0 N–H and O–H groups in total. The molecule has 0 radical (unpaired) electrons. The third-order valence-corrected chi connectivity index (χ3v) is 2.61. The van der Waals surface area contributed by atoms with E-state index in [1.807, 2.05) is 14.1 Å². The van der Waals surface area contributed by atoms with Gasteiger partial charge in [-0.05, 0) is 38.5 Å². The summed E-state index contributed by atoms with van der Waals surface area (Å²) in [7, 11) is 4.07. The van der Waals surface area contributed by atoms with Gasteiger partial charge in [0.1, 0.15) is 0 Å². The van der Waals surface area contributed by atoms with Crippen LogP contribution in [-0.2, 0) is 0 Å². The van der Waals surface area contributed by atoms with Gasteiger partial charge in [-0.3, -0.25) is 4.79 Å². The first-order chi connectivity index (χ1) is 5.61. The molecule has 4 heteroatoms. The number of amides is 1. The van der Waals surface area contributed by atoms with Crippen LogP contribution in [0.3, 0.4) is 0 Å². The Balaban J connectivity index is 2.46. The van der Waals surface area contributed by atoms with Crippen LogP contribution in [-0.4, -0.2) is 48.4 Å². The van der Waals surface area contributed by atoms with Crippen molar-refractivity contribution in [3.05, 3.63) is 0 Å². The van der Waals surface area contributed by atoms with Gasteiger partial charge in [0.2, 0.25) is 0 Å². The van der Waals surface area contributed by atoms with Crippen molar-refractivity contribution in [2.24, 2.45) is 0 Å². The summed E-state index contributed by atoms with van der Waals surface area (Å²) in [5.74, 6) is 0. The zero-order valence-electron chi connectivity index (χ0n) is 7.59. The van der Waals surface area contributed by atoms with Crippen molar-refractivity contribution in [2.75, 3.05) is 27.2 Å². The molecule has 1 fully saturated rings. The van der Waals surface area contributed by atoms with E-state index >= 15 is 0 Å². The Morgan fingerprint density at radius 1 is 1.58 bits per heavy atom. The van der Waals surface area contributed by atoms with Crippen molar-refractivity contribution in [1.82, 2.24) is 9.80 Å². The lowest BCUT2D eigenvalue weighted by Crippen LogP contribution is -2.45. The molecule has 3 nitrogen and oxygen atoms in total. The van der Waals surface area contributed by atoms with E-state index < -0.39 is 0 Å². The summed E-state index contributed by atoms with van der Waals surface area (Å²) in [6, 6.07) is 0.474. The number of carbonyl (C=O) groups is 1. The average Bonchev–Trinajstić information content (AvgIpc) is 2.04. The smallest absolute Gasteiger partial charge is 0.316 e. The number of piperidine rings is 1. The molecule has 0 saturated carbocycles. The third-order valence-electron chi connectivity index (χ3n) is 2.38. The van der Waals surface area contributed by atoms with Crippen LogP contribution in [0.15, 0.2) is 0 Å². The van der Waals surface area contributed by atoms with Crippen molar-refractivity contribution < 1.29 is 4.79 Å². The fourth-order valence-electron chi connectivity index (χ4n) is 1.54. The van der Waals surface area contributed by atoms with Crippen molar-refractivity contribution in [1.29, 1.82) is 0 Å². The number of rotatable bonds is 1. The molecule has 1 rings (SSSR count). The maximum atomic E-state index is 10.8. The molecule has 0 aromatic carbocycles. The Labute approximate surface area is 78.3 Å². The first-order valence-corrected chi connectivity index (χ1v) is 4.60. The summed E-state index contributed by atoms with van der Waals surface area (Å²) < 4.78 is 0. The molecule has 1 saturated heterocycles. The number of likely N-dealkylation sites (N-methyl/N-ethyl adjacent to an activating group) is 1. The first kappa shape index (κ1) is 9.81. The van der Waals surface area contributed by atoms with Crippen molar-refractivity contribution in [2.45, 2.75) is 18.9 Å². The Hall–Kier alpha value is -0.280. The van der Waals surface area contributed by atoms with Gasteiger partial charge in [-0.25, -0.2) is 0 Å². The fraction of sp³-hybridized carbons (Fsp3) is 0.875. The summed E-state index contributed by atoms with van der Waals surface area (Å²) in [4.78, 5) is 14.7. The monoisotopic (exact) mass is 190 g/mol. The summed E-state index contributed by atoms with van der Waals surface area (Å²) in [6.45, 7) is 1.59. The zero-order chi connectivity index (χ0) is 9.14. The number of likely N-dealkylation sites (tertiary alicyclic amines) is 1. The molecule has 70 valence electrons. The topological polar surface area (TPSA) is 23.6 Å². The Bertz CT molecular complexity index is 172. The summed E-state index contributed by atoms with van der Waals surface area (Å²) in [6.07, 6.45) is 2.22. The lowest BCUT2D eigenvalue weighted by atomic mass is 10.1. The van der Waals surface area contributed by atoms with E-state index in [2.05, 4.69) is 4.90 Å². The van der Waals surface area contributed by atoms with Gasteiger partial charge in [0.25, 0.3) is 0 Å². The van der Waals surface area contributed by atoms with Gasteiger partial charge < -0.3 is 9.80 Å². The number of carbonyl (C=O) groups excluding carboxylic acids is 1. The van der Waals surface area contributed by atoms with E-state index in [0.29, 0.717) is 6.04 Å². The number of halogens is 1. The summed E-state index contributed by atoms with van der Waals surface area (Å²) >= 11 is 5.40. The van der Waals surface area contributed by atoms with Crippen molar-refractivity contribution in [3.8, 4) is 0 Å². The highest BCUT2D eigenvalue weighted by Gasteiger charge is 2.23. The number of nitrogens with zero attached hydrogens (tertiary/aromatic N) is 2. The molecule has 0 aliphatic carbocycles. The molecular weight excluding hydrogens is 176 g/mol. The largest absolute Gasteiger partial charge is 0.328 e. The predicted octanol–water partition coefficient (Wildman–Crippen LogP) is 1.37. The van der Waals surface area contributed by atoms with Crippen LogP contribution in [0.5, 0.6) is 0 Å². The second kappa shape index (κ2) is 4.10. The molecule has 1 aliphatic heterocycles. The van der Waals surface area contributed by atoms with Gasteiger partial charge in [0.15, 0.2) is 0 Å². The SMILES string of the molecule is CN(C)C1CCCN(C(=O)Cl)C1. The standard InChI is InChI=1S/C8H15ClN2O/c1-10(2)7-4-3-5-11(6-7)8(9)12/h7H,3-6H2,1-2H3. The minimum Gasteiger partial charge on any atom is -0.328 e. The van der Waals surface area contributed by atoms with E-state index in [1.54, 1.807) is 4.90 Å². The van der Waals surface area contributed by atoms with Gasteiger partial charge in [-0.2, -0.15) is 0 Å². The van der Waals surface area contributed by atoms with Crippen LogP contribution in [0.2, 0.25) is 0 Å². The molecule has 1 amide bonds. The zero-order valence-corrected chi connectivity index (χ0v) is 8.34.